The summed E-state index contributed by atoms with van der Waals surface area (Å²) in [7, 11) is 3.94. The van der Waals surface area contributed by atoms with Gasteiger partial charge >= 0.3 is 0 Å². The molecule has 0 spiro atoms. The Bertz CT molecular complexity index is 934. The quantitative estimate of drug-likeness (QED) is 0.714. The molecule has 27 heavy (non-hydrogen) atoms. The molecule has 1 aromatic heterocycles. The van der Waals surface area contributed by atoms with Gasteiger partial charge in [0.2, 0.25) is 5.95 Å². The second-order valence-electron chi connectivity index (χ2n) is 6.61. The van der Waals surface area contributed by atoms with E-state index in [0.717, 1.165) is 17.1 Å². The number of aromatic nitrogens is 2. The van der Waals surface area contributed by atoms with E-state index in [9.17, 15) is 4.79 Å². The maximum Gasteiger partial charge on any atom is 0.258 e. The molecule has 0 saturated heterocycles. The first kappa shape index (κ1) is 18.4. The molecule has 1 amide bonds. The van der Waals surface area contributed by atoms with Gasteiger partial charge < -0.3 is 15.5 Å². The fraction of sp³-hybridized carbons (Fsp3) is 0.190. The molecule has 0 radical (unpaired) electrons. The van der Waals surface area contributed by atoms with E-state index in [0.29, 0.717) is 11.5 Å². The third kappa shape index (κ3) is 4.61. The minimum absolute atomic E-state index is 0.245. The fourth-order valence-corrected chi connectivity index (χ4v) is 2.50. The van der Waals surface area contributed by atoms with E-state index in [4.69, 9.17) is 0 Å². The smallest absolute Gasteiger partial charge is 0.258 e. The second-order valence-corrected chi connectivity index (χ2v) is 6.61. The van der Waals surface area contributed by atoms with Crippen molar-refractivity contribution in [1.29, 1.82) is 0 Å². The van der Waals surface area contributed by atoms with E-state index in [2.05, 4.69) is 34.4 Å². The molecule has 3 rings (SSSR count). The average Bonchev–Trinajstić information content (AvgIpc) is 2.66. The zero-order valence-electron chi connectivity index (χ0n) is 15.9. The van der Waals surface area contributed by atoms with E-state index in [1.165, 1.54) is 23.5 Å². The van der Waals surface area contributed by atoms with Gasteiger partial charge in [0.05, 0.1) is 5.56 Å². The lowest BCUT2D eigenvalue weighted by Gasteiger charge is -2.13. The molecule has 0 saturated carbocycles. The van der Waals surface area contributed by atoms with Crippen LogP contribution in [0.5, 0.6) is 0 Å². The Morgan fingerprint density at radius 3 is 2.11 bits per heavy atom. The van der Waals surface area contributed by atoms with Crippen LogP contribution in [-0.4, -0.2) is 30.0 Å². The number of hydrogen-bond acceptors (Lipinski definition) is 5. The first-order valence-electron chi connectivity index (χ1n) is 8.67. The third-order valence-corrected chi connectivity index (χ3v) is 4.32. The van der Waals surface area contributed by atoms with Gasteiger partial charge in [-0.2, -0.15) is 0 Å². The zero-order valence-corrected chi connectivity index (χ0v) is 15.9. The summed E-state index contributed by atoms with van der Waals surface area (Å²) >= 11 is 0. The molecule has 0 aliphatic rings. The SMILES string of the molecule is Cc1ccc(Nc2ncc(C(=O)Nc3ccc(N(C)C)cc3)cn2)cc1C. The minimum atomic E-state index is -0.245. The average molecular weight is 361 g/mol. The number of carbonyl (C=O) groups excluding carboxylic acids is 1. The van der Waals surface area contributed by atoms with Crippen LogP contribution in [-0.2, 0) is 0 Å². The highest BCUT2D eigenvalue weighted by Crippen LogP contribution is 2.18. The molecule has 138 valence electrons. The molecule has 0 unspecified atom stereocenters. The highest BCUT2D eigenvalue weighted by molar-refractivity contribution is 6.04. The summed E-state index contributed by atoms with van der Waals surface area (Å²) in [6, 6.07) is 13.7. The normalized spacial score (nSPS) is 10.4. The summed E-state index contributed by atoms with van der Waals surface area (Å²) in [4.78, 5) is 22.8. The maximum atomic E-state index is 12.4. The van der Waals surface area contributed by atoms with Gasteiger partial charge in [-0.05, 0) is 61.4 Å². The number of anilines is 4. The molecule has 6 nitrogen and oxygen atoms in total. The molecule has 0 bridgehead atoms. The van der Waals surface area contributed by atoms with Crippen LogP contribution in [0.3, 0.4) is 0 Å². The molecular weight excluding hydrogens is 338 g/mol. The van der Waals surface area contributed by atoms with Crippen LogP contribution in [0.1, 0.15) is 21.5 Å². The number of aryl methyl sites for hydroxylation is 2. The van der Waals surface area contributed by atoms with Crippen molar-refractivity contribution in [3.63, 3.8) is 0 Å². The Hall–Kier alpha value is -3.41. The number of nitrogens with zero attached hydrogens (tertiary/aromatic N) is 3. The van der Waals surface area contributed by atoms with E-state index in [-0.39, 0.29) is 5.91 Å². The largest absolute Gasteiger partial charge is 0.378 e. The van der Waals surface area contributed by atoms with Gasteiger partial charge in [0.1, 0.15) is 0 Å². The van der Waals surface area contributed by atoms with E-state index < -0.39 is 0 Å². The van der Waals surface area contributed by atoms with Gasteiger partial charge in [-0.1, -0.05) is 6.07 Å². The molecule has 1 heterocycles. The fourth-order valence-electron chi connectivity index (χ4n) is 2.50. The van der Waals surface area contributed by atoms with Crippen molar-refractivity contribution in [2.75, 3.05) is 29.6 Å². The number of amides is 1. The predicted molar refractivity (Wildman–Crippen MR) is 110 cm³/mol. The van der Waals surface area contributed by atoms with E-state index >= 15 is 0 Å². The van der Waals surface area contributed by atoms with Gasteiger partial charge in [0, 0.05) is 43.6 Å². The van der Waals surface area contributed by atoms with Crippen molar-refractivity contribution in [3.8, 4) is 0 Å². The van der Waals surface area contributed by atoms with Crippen molar-refractivity contribution < 1.29 is 4.79 Å². The van der Waals surface area contributed by atoms with Gasteiger partial charge in [-0.3, -0.25) is 4.79 Å². The first-order valence-corrected chi connectivity index (χ1v) is 8.67. The van der Waals surface area contributed by atoms with E-state index in [1.807, 2.05) is 61.5 Å². The van der Waals surface area contributed by atoms with Crippen LogP contribution >= 0.6 is 0 Å². The van der Waals surface area contributed by atoms with Gasteiger partial charge in [0.25, 0.3) is 5.91 Å². The molecule has 0 aliphatic carbocycles. The van der Waals surface area contributed by atoms with Crippen LogP contribution in [0, 0.1) is 13.8 Å². The number of nitrogens with one attached hydrogen (secondary N) is 2. The van der Waals surface area contributed by atoms with Crippen LogP contribution in [0.4, 0.5) is 23.0 Å². The molecule has 2 N–H and O–H groups in total. The van der Waals surface area contributed by atoms with Crippen LogP contribution in [0.2, 0.25) is 0 Å². The number of hydrogen-bond donors (Lipinski definition) is 2. The topological polar surface area (TPSA) is 70.2 Å². The minimum Gasteiger partial charge on any atom is -0.378 e. The van der Waals surface area contributed by atoms with E-state index in [1.54, 1.807) is 0 Å². The molecule has 3 aromatic rings. The van der Waals surface area contributed by atoms with Gasteiger partial charge in [-0.25, -0.2) is 9.97 Å². The van der Waals surface area contributed by atoms with Gasteiger partial charge in [0.15, 0.2) is 0 Å². The lowest BCUT2D eigenvalue weighted by molar-refractivity contribution is 0.102. The molecule has 2 aromatic carbocycles. The van der Waals surface area contributed by atoms with Crippen molar-refractivity contribution >= 4 is 28.9 Å². The molecule has 0 fully saturated rings. The first-order chi connectivity index (χ1) is 12.9. The van der Waals surface area contributed by atoms with Crippen molar-refractivity contribution in [3.05, 3.63) is 71.5 Å². The summed E-state index contributed by atoms with van der Waals surface area (Å²) in [6.45, 7) is 4.12. The Morgan fingerprint density at radius 1 is 0.889 bits per heavy atom. The molecular formula is C21H23N5O. The lowest BCUT2D eigenvalue weighted by Crippen LogP contribution is -2.13. The third-order valence-electron chi connectivity index (χ3n) is 4.32. The molecule has 0 atom stereocenters. The highest BCUT2D eigenvalue weighted by Gasteiger charge is 2.08. The summed E-state index contributed by atoms with van der Waals surface area (Å²) in [5, 5.41) is 6.00. The summed E-state index contributed by atoms with van der Waals surface area (Å²) in [6.07, 6.45) is 3.03. The summed E-state index contributed by atoms with van der Waals surface area (Å²) in [5.41, 5.74) is 5.53. The summed E-state index contributed by atoms with van der Waals surface area (Å²) in [5.74, 6) is 0.204. The predicted octanol–water partition coefficient (Wildman–Crippen LogP) is 4.16. The van der Waals surface area contributed by atoms with Crippen LogP contribution in [0.15, 0.2) is 54.9 Å². The lowest BCUT2D eigenvalue weighted by atomic mass is 10.1. The monoisotopic (exact) mass is 361 g/mol. The summed E-state index contributed by atoms with van der Waals surface area (Å²) < 4.78 is 0. The van der Waals surface area contributed by atoms with Crippen molar-refractivity contribution in [2.45, 2.75) is 13.8 Å². The Balaban J connectivity index is 1.65. The van der Waals surface area contributed by atoms with Crippen LogP contribution < -0.4 is 15.5 Å². The van der Waals surface area contributed by atoms with Crippen LogP contribution in [0.25, 0.3) is 0 Å². The Morgan fingerprint density at radius 2 is 1.52 bits per heavy atom. The number of carbonyl (C=O) groups is 1. The Labute approximate surface area is 159 Å². The second kappa shape index (κ2) is 7.86. The Kier molecular flexibility index (Phi) is 5.35. The molecule has 0 aliphatic heterocycles. The standard InChI is InChI=1S/C21H23N5O/c1-14-5-6-18(11-15(14)2)25-21-22-12-16(13-23-21)20(27)24-17-7-9-19(10-8-17)26(3)4/h5-13H,1-4H3,(H,24,27)(H,22,23,25). The number of benzene rings is 2. The van der Waals surface area contributed by atoms with Gasteiger partial charge in [-0.15, -0.1) is 0 Å². The van der Waals surface area contributed by atoms with Crippen molar-refractivity contribution in [1.82, 2.24) is 9.97 Å². The molecule has 6 heteroatoms. The number of rotatable bonds is 5. The maximum absolute atomic E-state index is 12.4. The zero-order chi connectivity index (χ0) is 19.4. The highest BCUT2D eigenvalue weighted by atomic mass is 16.1. The van der Waals surface area contributed by atoms with Crippen molar-refractivity contribution in [2.24, 2.45) is 0 Å².